The smallest absolute Gasteiger partial charge is 0.119 e. The van der Waals surface area contributed by atoms with Crippen LogP contribution >= 0.6 is 0 Å². The minimum Gasteiger partial charge on any atom is -0.489 e. The highest BCUT2D eigenvalue weighted by molar-refractivity contribution is 5.27. The standard InChI is InChI=1S/C14H15NO/c1-2-12-5-7-14(8-6-12)16-11-13-4-3-9-15-10-13/h3-10H,2,11H2,1H3. The summed E-state index contributed by atoms with van der Waals surface area (Å²) in [7, 11) is 0. The molecule has 82 valence electrons. The SMILES string of the molecule is CCc1ccc(OCc2cccnc2)cc1. The van der Waals surface area contributed by atoms with E-state index in [4.69, 9.17) is 4.74 Å². The molecule has 0 N–H and O–H groups in total. The van der Waals surface area contributed by atoms with Crippen molar-refractivity contribution in [3.8, 4) is 5.75 Å². The Balaban J connectivity index is 1.94. The fourth-order valence-corrected chi connectivity index (χ4v) is 1.47. The van der Waals surface area contributed by atoms with E-state index in [1.165, 1.54) is 5.56 Å². The highest BCUT2D eigenvalue weighted by Gasteiger charge is 1.95. The van der Waals surface area contributed by atoms with E-state index in [1.54, 1.807) is 6.20 Å². The first-order valence-corrected chi connectivity index (χ1v) is 5.49. The van der Waals surface area contributed by atoms with Crippen molar-refractivity contribution >= 4 is 0 Å². The number of rotatable bonds is 4. The van der Waals surface area contributed by atoms with E-state index in [9.17, 15) is 0 Å². The number of pyridine rings is 1. The maximum atomic E-state index is 5.65. The quantitative estimate of drug-likeness (QED) is 0.778. The van der Waals surface area contributed by atoms with Crippen LogP contribution in [0.3, 0.4) is 0 Å². The third kappa shape index (κ3) is 2.83. The van der Waals surface area contributed by atoms with Gasteiger partial charge >= 0.3 is 0 Å². The van der Waals surface area contributed by atoms with E-state index in [0.29, 0.717) is 6.61 Å². The highest BCUT2D eigenvalue weighted by atomic mass is 16.5. The molecular weight excluding hydrogens is 198 g/mol. The Bertz CT molecular complexity index is 422. The zero-order valence-corrected chi connectivity index (χ0v) is 9.39. The highest BCUT2D eigenvalue weighted by Crippen LogP contribution is 2.14. The maximum Gasteiger partial charge on any atom is 0.119 e. The van der Waals surface area contributed by atoms with Crippen LogP contribution in [0.5, 0.6) is 5.75 Å². The van der Waals surface area contributed by atoms with Crippen molar-refractivity contribution in [2.75, 3.05) is 0 Å². The van der Waals surface area contributed by atoms with Crippen molar-refractivity contribution in [3.05, 3.63) is 59.9 Å². The van der Waals surface area contributed by atoms with Gasteiger partial charge in [-0.15, -0.1) is 0 Å². The normalized spacial score (nSPS) is 10.1. The Labute approximate surface area is 95.9 Å². The molecule has 0 fully saturated rings. The molecular formula is C14H15NO. The van der Waals surface area contributed by atoms with Crippen LogP contribution in [0.25, 0.3) is 0 Å². The molecule has 1 aromatic heterocycles. The Hall–Kier alpha value is -1.83. The molecule has 0 atom stereocenters. The average Bonchev–Trinajstić information content (AvgIpc) is 2.38. The van der Waals surface area contributed by atoms with Crippen LogP contribution in [0.4, 0.5) is 0 Å². The number of hydrogen-bond donors (Lipinski definition) is 0. The summed E-state index contributed by atoms with van der Waals surface area (Å²) < 4.78 is 5.65. The topological polar surface area (TPSA) is 22.1 Å². The lowest BCUT2D eigenvalue weighted by atomic mass is 10.2. The van der Waals surface area contributed by atoms with Crippen molar-refractivity contribution in [2.45, 2.75) is 20.0 Å². The van der Waals surface area contributed by atoms with E-state index in [2.05, 4.69) is 24.0 Å². The first-order chi connectivity index (χ1) is 7.88. The Morgan fingerprint density at radius 1 is 1.06 bits per heavy atom. The van der Waals surface area contributed by atoms with Crippen LogP contribution < -0.4 is 4.74 Å². The van der Waals surface area contributed by atoms with Crippen LogP contribution in [-0.2, 0) is 13.0 Å². The summed E-state index contributed by atoms with van der Waals surface area (Å²) in [6.07, 6.45) is 4.64. The maximum absolute atomic E-state index is 5.65. The van der Waals surface area contributed by atoms with Gasteiger partial charge in [0.1, 0.15) is 12.4 Å². The second-order valence-corrected chi connectivity index (χ2v) is 3.65. The van der Waals surface area contributed by atoms with E-state index in [-0.39, 0.29) is 0 Å². The molecule has 0 bridgehead atoms. The van der Waals surface area contributed by atoms with Crippen LogP contribution in [0.1, 0.15) is 18.1 Å². The first-order valence-electron chi connectivity index (χ1n) is 5.49. The molecule has 0 radical (unpaired) electrons. The largest absolute Gasteiger partial charge is 0.489 e. The van der Waals surface area contributed by atoms with Crippen molar-refractivity contribution in [1.29, 1.82) is 0 Å². The summed E-state index contributed by atoms with van der Waals surface area (Å²) >= 11 is 0. The molecule has 0 unspecified atom stereocenters. The van der Waals surface area contributed by atoms with Gasteiger partial charge in [0.25, 0.3) is 0 Å². The monoisotopic (exact) mass is 213 g/mol. The molecule has 2 aromatic rings. The summed E-state index contributed by atoms with van der Waals surface area (Å²) in [4.78, 5) is 4.04. The number of benzene rings is 1. The van der Waals surface area contributed by atoms with Gasteiger partial charge in [-0.25, -0.2) is 0 Å². The Kier molecular flexibility index (Phi) is 3.54. The van der Waals surface area contributed by atoms with Crippen LogP contribution in [0.2, 0.25) is 0 Å². The zero-order chi connectivity index (χ0) is 11.2. The molecule has 0 aliphatic heterocycles. The summed E-state index contributed by atoms with van der Waals surface area (Å²) in [5, 5.41) is 0. The van der Waals surface area contributed by atoms with Crippen molar-refractivity contribution in [2.24, 2.45) is 0 Å². The molecule has 0 amide bonds. The van der Waals surface area contributed by atoms with Gasteiger partial charge in [0.05, 0.1) is 0 Å². The van der Waals surface area contributed by atoms with E-state index >= 15 is 0 Å². The second-order valence-electron chi connectivity index (χ2n) is 3.65. The fourth-order valence-electron chi connectivity index (χ4n) is 1.47. The molecule has 0 aliphatic carbocycles. The third-order valence-electron chi connectivity index (χ3n) is 2.46. The lowest BCUT2D eigenvalue weighted by Crippen LogP contribution is -1.95. The number of aromatic nitrogens is 1. The molecule has 2 rings (SSSR count). The summed E-state index contributed by atoms with van der Waals surface area (Å²) in [6, 6.07) is 12.1. The predicted octanol–water partition coefficient (Wildman–Crippen LogP) is 3.22. The molecule has 1 heterocycles. The first kappa shape index (κ1) is 10.7. The van der Waals surface area contributed by atoms with E-state index < -0.39 is 0 Å². The van der Waals surface area contributed by atoms with E-state index in [1.807, 2.05) is 30.5 Å². The molecule has 1 aromatic carbocycles. The summed E-state index contributed by atoms with van der Waals surface area (Å²) in [6.45, 7) is 2.71. The number of hydrogen-bond acceptors (Lipinski definition) is 2. The Morgan fingerprint density at radius 3 is 2.50 bits per heavy atom. The number of nitrogens with zero attached hydrogens (tertiary/aromatic N) is 1. The minimum absolute atomic E-state index is 0.569. The molecule has 0 saturated heterocycles. The Morgan fingerprint density at radius 2 is 1.88 bits per heavy atom. The molecule has 2 nitrogen and oxygen atoms in total. The average molecular weight is 213 g/mol. The van der Waals surface area contributed by atoms with Gasteiger partial charge in [-0.05, 0) is 30.2 Å². The van der Waals surface area contributed by atoms with Gasteiger partial charge in [-0.2, -0.15) is 0 Å². The minimum atomic E-state index is 0.569. The summed E-state index contributed by atoms with van der Waals surface area (Å²) in [5.41, 5.74) is 2.41. The van der Waals surface area contributed by atoms with Gasteiger partial charge in [-0.1, -0.05) is 25.1 Å². The van der Waals surface area contributed by atoms with Gasteiger partial charge in [0.2, 0.25) is 0 Å². The fraction of sp³-hybridized carbons (Fsp3) is 0.214. The van der Waals surface area contributed by atoms with Crippen molar-refractivity contribution in [3.63, 3.8) is 0 Å². The van der Waals surface area contributed by atoms with Crippen molar-refractivity contribution < 1.29 is 4.74 Å². The van der Waals surface area contributed by atoms with Crippen LogP contribution in [0.15, 0.2) is 48.8 Å². The molecule has 16 heavy (non-hydrogen) atoms. The number of aryl methyl sites for hydroxylation is 1. The molecule has 0 saturated carbocycles. The van der Waals surface area contributed by atoms with Gasteiger partial charge in [0, 0.05) is 18.0 Å². The van der Waals surface area contributed by atoms with Crippen molar-refractivity contribution in [1.82, 2.24) is 4.98 Å². The number of ether oxygens (including phenoxy) is 1. The van der Waals surface area contributed by atoms with Crippen LogP contribution in [0, 0.1) is 0 Å². The third-order valence-corrected chi connectivity index (χ3v) is 2.46. The van der Waals surface area contributed by atoms with Gasteiger partial charge < -0.3 is 4.74 Å². The lowest BCUT2D eigenvalue weighted by Gasteiger charge is -2.06. The van der Waals surface area contributed by atoms with Gasteiger partial charge in [0.15, 0.2) is 0 Å². The predicted molar refractivity (Wildman–Crippen MR) is 64.4 cm³/mol. The van der Waals surface area contributed by atoms with E-state index in [0.717, 1.165) is 17.7 Å². The van der Waals surface area contributed by atoms with Crippen LogP contribution in [-0.4, -0.2) is 4.98 Å². The lowest BCUT2D eigenvalue weighted by molar-refractivity contribution is 0.305. The molecule has 0 spiro atoms. The molecule has 0 aliphatic rings. The van der Waals surface area contributed by atoms with Gasteiger partial charge in [-0.3, -0.25) is 4.98 Å². The summed E-state index contributed by atoms with van der Waals surface area (Å²) in [5.74, 6) is 0.904. The zero-order valence-electron chi connectivity index (χ0n) is 9.39. The molecule has 2 heteroatoms. The second kappa shape index (κ2) is 5.31.